The van der Waals surface area contributed by atoms with Gasteiger partial charge < -0.3 is 20.0 Å². The average molecular weight is 482 g/mol. The van der Waals surface area contributed by atoms with Gasteiger partial charge in [0, 0.05) is 32.9 Å². The van der Waals surface area contributed by atoms with E-state index in [1.165, 1.54) is 19.2 Å². The maximum absolute atomic E-state index is 13.4. The van der Waals surface area contributed by atoms with Crippen LogP contribution in [0.4, 0.5) is 14.9 Å². The molecule has 9 heteroatoms. The van der Waals surface area contributed by atoms with Gasteiger partial charge in [-0.1, -0.05) is 35.5 Å². The summed E-state index contributed by atoms with van der Waals surface area (Å²) in [4.78, 5) is 36.0. The Morgan fingerprint density at radius 3 is 2.46 bits per heavy atom. The molecule has 2 amide bonds. The zero-order valence-electron chi connectivity index (χ0n) is 20.2. The zero-order chi connectivity index (χ0) is 24.8. The van der Waals surface area contributed by atoms with Crippen LogP contribution >= 0.6 is 0 Å². The number of hydrogen-bond acceptors (Lipinski definition) is 6. The van der Waals surface area contributed by atoms with Gasteiger partial charge in [-0.05, 0) is 62.1 Å². The van der Waals surface area contributed by atoms with Gasteiger partial charge in [-0.25, -0.2) is 9.18 Å². The maximum atomic E-state index is 13.4. The van der Waals surface area contributed by atoms with E-state index in [2.05, 4.69) is 32.4 Å². The molecule has 0 bridgehead atoms. The van der Waals surface area contributed by atoms with Crippen LogP contribution in [0.1, 0.15) is 31.2 Å². The minimum Gasteiger partial charge on any atom is -0.339 e. The van der Waals surface area contributed by atoms with Crippen molar-refractivity contribution in [1.82, 2.24) is 15.1 Å². The fourth-order valence-electron chi connectivity index (χ4n) is 4.95. The van der Waals surface area contributed by atoms with E-state index in [1.54, 1.807) is 12.1 Å². The first-order chi connectivity index (χ1) is 16.9. The molecule has 2 heterocycles. The summed E-state index contributed by atoms with van der Waals surface area (Å²) in [7, 11) is 3.33. The topological polar surface area (TPSA) is 77.5 Å². The van der Waals surface area contributed by atoms with Gasteiger partial charge in [-0.15, -0.1) is 0 Å². The number of carbonyl (C=O) groups excluding carboxylic acids is 2. The molecule has 0 saturated carbocycles. The Hall–Kier alpha value is -3.46. The van der Waals surface area contributed by atoms with Crippen molar-refractivity contribution in [3.63, 3.8) is 0 Å². The van der Waals surface area contributed by atoms with Crippen molar-refractivity contribution in [1.29, 1.82) is 0 Å². The van der Waals surface area contributed by atoms with Gasteiger partial charge in [0.1, 0.15) is 11.4 Å². The molecular weight excluding hydrogens is 449 g/mol. The number of nitrogens with one attached hydrogen (secondary N) is 1. The highest BCUT2D eigenvalue weighted by Gasteiger charge is 2.52. The van der Waals surface area contributed by atoms with Gasteiger partial charge in [0.15, 0.2) is 0 Å². The van der Waals surface area contributed by atoms with Crippen LogP contribution < -0.4 is 10.2 Å². The van der Waals surface area contributed by atoms with Gasteiger partial charge >= 0.3 is 6.09 Å². The lowest BCUT2D eigenvalue weighted by Crippen LogP contribution is -2.56. The number of oxime groups is 1. The Kier molecular flexibility index (Phi) is 7.65. The summed E-state index contributed by atoms with van der Waals surface area (Å²) in [5.74, 6) is -0.141. The molecule has 2 fully saturated rings. The summed E-state index contributed by atoms with van der Waals surface area (Å²) in [5, 5.41) is 6.37. The Morgan fingerprint density at radius 2 is 1.80 bits per heavy atom. The molecule has 0 atom stereocenters. The number of likely N-dealkylation sites (N-methyl/N-ethyl adjacent to an activating group) is 1. The van der Waals surface area contributed by atoms with Crippen LogP contribution in [-0.4, -0.2) is 73.4 Å². The standard InChI is InChI=1S/C26H32FN5O3/c1-28-25(34)35-29-23(20-10-12-21(27)13-11-20)9-6-16-31-17-14-26(15-18-31)24(33)30(2)19-32(26)22-7-4-3-5-8-22/h3-5,7-8,10-13H,6,9,14-19H2,1-2H3,(H,28,34)/b29-23-. The van der Waals surface area contributed by atoms with Gasteiger partial charge in [-0.2, -0.15) is 0 Å². The maximum Gasteiger partial charge on any atom is 0.433 e. The summed E-state index contributed by atoms with van der Waals surface area (Å²) < 4.78 is 13.4. The molecule has 2 aliphatic rings. The minimum atomic E-state index is -0.653. The van der Waals surface area contributed by atoms with Crippen molar-refractivity contribution in [2.24, 2.45) is 5.16 Å². The first kappa shape index (κ1) is 24.7. The highest BCUT2D eigenvalue weighted by Crippen LogP contribution is 2.38. The lowest BCUT2D eigenvalue weighted by atomic mass is 9.85. The molecule has 1 spiro atoms. The highest BCUT2D eigenvalue weighted by atomic mass is 19.1. The lowest BCUT2D eigenvalue weighted by molar-refractivity contribution is -0.132. The second-order valence-electron chi connectivity index (χ2n) is 9.06. The van der Waals surface area contributed by atoms with Crippen molar-refractivity contribution < 1.29 is 18.8 Å². The van der Waals surface area contributed by atoms with E-state index < -0.39 is 11.6 Å². The number of benzene rings is 2. The fourth-order valence-corrected chi connectivity index (χ4v) is 4.95. The van der Waals surface area contributed by atoms with Crippen molar-refractivity contribution in [3.05, 3.63) is 66.0 Å². The minimum absolute atomic E-state index is 0.193. The van der Waals surface area contributed by atoms with Gasteiger partial charge in [0.05, 0.1) is 12.4 Å². The van der Waals surface area contributed by atoms with Crippen LogP contribution in [0.25, 0.3) is 0 Å². The van der Waals surface area contributed by atoms with Crippen LogP contribution in [0.15, 0.2) is 59.8 Å². The van der Waals surface area contributed by atoms with Crippen LogP contribution in [-0.2, 0) is 9.63 Å². The van der Waals surface area contributed by atoms with E-state index >= 15 is 0 Å². The summed E-state index contributed by atoms with van der Waals surface area (Å²) >= 11 is 0. The molecular formula is C26H32FN5O3. The summed E-state index contributed by atoms with van der Waals surface area (Å²) in [6.45, 7) is 3.07. The molecule has 2 aromatic rings. The van der Waals surface area contributed by atoms with Crippen molar-refractivity contribution >= 4 is 23.4 Å². The third-order valence-electron chi connectivity index (χ3n) is 6.87. The van der Waals surface area contributed by atoms with Crippen LogP contribution in [0.3, 0.4) is 0 Å². The highest BCUT2D eigenvalue weighted by molar-refractivity contribution is 6.00. The molecule has 0 aliphatic carbocycles. The smallest absolute Gasteiger partial charge is 0.339 e. The quantitative estimate of drug-likeness (QED) is 0.373. The Labute approximate surface area is 205 Å². The zero-order valence-corrected chi connectivity index (χ0v) is 20.2. The molecule has 2 aliphatic heterocycles. The molecule has 4 rings (SSSR count). The summed E-state index contributed by atoms with van der Waals surface area (Å²) in [6, 6.07) is 16.1. The van der Waals surface area contributed by atoms with Crippen molar-refractivity contribution in [3.8, 4) is 0 Å². The molecule has 1 N–H and O–H groups in total. The van der Waals surface area contributed by atoms with E-state index in [4.69, 9.17) is 4.84 Å². The van der Waals surface area contributed by atoms with Crippen molar-refractivity contribution in [2.75, 3.05) is 45.3 Å². The number of anilines is 1. The number of carbonyl (C=O) groups is 2. The molecule has 0 aromatic heterocycles. The molecule has 0 radical (unpaired) electrons. The Bertz CT molecular complexity index is 1050. The molecule has 8 nitrogen and oxygen atoms in total. The predicted octanol–water partition coefficient (Wildman–Crippen LogP) is 3.44. The van der Waals surface area contributed by atoms with Crippen molar-refractivity contribution in [2.45, 2.75) is 31.2 Å². The Balaban J connectivity index is 1.37. The summed E-state index contributed by atoms with van der Waals surface area (Å²) in [5.41, 5.74) is 1.89. The first-order valence-electron chi connectivity index (χ1n) is 11.9. The second-order valence-corrected chi connectivity index (χ2v) is 9.06. The number of para-hydroxylation sites is 1. The number of rotatable bonds is 7. The molecule has 0 unspecified atom stereocenters. The van der Waals surface area contributed by atoms with Crippen LogP contribution in [0.5, 0.6) is 0 Å². The average Bonchev–Trinajstić information content (AvgIpc) is 3.13. The fraction of sp³-hybridized carbons (Fsp3) is 0.423. The SMILES string of the molecule is CNC(=O)O/N=C(/CCCN1CCC2(CC1)C(=O)N(C)CN2c1ccccc1)c1ccc(F)cc1. The lowest BCUT2D eigenvalue weighted by Gasteiger charge is -2.43. The normalized spacial score (nSPS) is 18.3. The van der Waals surface area contributed by atoms with E-state index in [9.17, 15) is 14.0 Å². The van der Waals surface area contributed by atoms with E-state index in [0.29, 0.717) is 24.4 Å². The molecule has 2 saturated heterocycles. The van der Waals surface area contributed by atoms with E-state index in [0.717, 1.165) is 44.6 Å². The monoisotopic (exact) mass is 481 g/mol. The van der Waals surface area contributed by atoms with Gasteiger partial charge in [-0.3, -0.25) is 9.63 Å². The first-order valence-corrected chi connectivity index (χ1v) is 11.9. The third kappa shape index (κ3) is 5.45. The number of piperidine rings is 1. The second kappa shape index (κ2) is 10.9. The summed E-state index contributed by atoms with van der Waals surface area (Å²) in [6.07, 6.45) is 2.24. The largest absolute Gasteiger partial charge is 0.433 e. The predicted molar refractivity (Wildman–Crippen MR) is 133 cm³/mol. The number of nitrogens with zero attached hydrogens (tertiary/aromatic N) is 4. The Morgan fingerprint density at radius 1 is 1.11 bits per heavy atom. The molecule has 2 aromatic carbocycles. The number of halogens is 1. The third-order valence-corrected chi connectivity index (χ3v) is 6.87. The molecule has 35 heavy (non-hydrogen) atoms. The number of likely N-dealkylation sites (tertiary alicyclic amines) is 1. The van der Waals surface area contributed by atoms with E-state index in [1.807, 2.05) is 30.1 Å². The van der Waals surface area contributed by atoms with Crippen LogP contribution in [0.2, 0.25) is 0 Å². The van der Waals surface area contributed by atoms with Crippen LogP contribution in [0, 0.1) is 5.82 Å². The molecule has 186 valence electrons. The van der Waals surface area contributed by atoms with E-state index in [-0.39, 0.29) is 11.7 Å². The van der Waals surface area contributed by atoms with Gasteiger partial charge in [0.25, 0.3) is 0 Å². The van der Waals surface area contributed by atoms with Gasteiger partial charge in [0.2, 0.25) is 5.91 Å². The number of hydrogen-bond donors (Lipinski definition) is 1. The number of amides is 2.